The zero-order chi connectivity index (χ0) is 52.4. The van der Waals surface area contributed by atoms with Gasteiger partial charge in [0.15, 0.2) is 12.3 Å². The standard InChI is InChI=1S/C67H80N4O3/c1-8-14-24-49(12-5)46-70(55-36-32-51(33-37-55)26-16-10-3)57-40-42-59(61(44-57)68-66(73)53-28-20-18-21-29-53)63-48(7)64(65(63)72)60-43-41-58(45-62(60)69-67(74)54-30-22-19-23-31-54)71(47-50(13-6)25-15-9-2)56-38-34-52(35-39-56)27-17-11-4/h18-23,28-45,49-50H,8-17,24-27,46-47H2,1-7H3,(H,68,69,73,74)/p+1. The van der Waals surface area contributed by atoms with Crippen LogP contribution in [0.15, 0.2) is 168 Å². The number of Topliss-reactive ketones (excluding diaryl/α,β-unsaturated/α-hetero) is 1. The van der Waals surface area contributed by atoms with Crippen LogP contribution in [0.5, 0.6) is 0 Å². The van der Waals surface area contributed by atoms with Crippen molar-refractivity contribution in [2.24, 2.45) is 11.8 Å². The van der Waals surface area contributed by atoms with Gasteiger partial charge in [0.1, 0.15) is 0 Å². The summed E-state index contributed by atoms with van der Waals surface area (Å²) in [6.45, 7) is 17.1. The number of allylic oxidation sites excluding steroid dienone is 6. The normalized spacial score (nSPS) is 15.8. The lowest BCUT2D eigenvalue weighted by atomic mass is 9.74. The third kappa shape index (κ3) is 13.8. The quantitative estimate of drug-likeness (QED) is 0.0427. The van der Waals surface area contributed by atoms with Crippen LogP contribution >= 0.6 is 0 Å². The molecule has 0 saturated heterocycles. The van der Waals surface area contributed by atoms with Gasteiger partial charge < -0.3 is 15.5 Å². The molecule has 0 fully saturated rings. The summed E-state index contributed by atoms with van der Waals surface area (Å²) in [6, 6.07) is 42.6. The molecule has 7 rings (SSSR count). The number of anilines is 3. The molecule has 0 bridgehead atoms. The van der Waals surface area contributed by atoms with Crippen LogP contribution in [-0.4, -0.2) is 41.0 Å². The van der Waals surface area contributed by atoms with Crippen LogP contribution < -0.4 is 15.5 Å². The van der Waals surface area contributed by atoms with Gasteiger partial charge in [-0.3, -0.25) is 14.4 Å². The van der Waals surface area contributed by atoms with Gasteiger partial charge in [-0.1, -0.05) is 153 Å². The fourth-order valence-corrected chi connectivity index (χ4v) is 10.3. The summed E-state index contributed by atoms with van der Waals surface area (Å²) in [5.74, 6) is 0.297. The Hall–Kier alpha value is -6.86. The molecule has 2 atom stereocenters. The summed E-state index contributed by atoms with van der Waals surface area (Å²) in [5, 5.41) is 6.53. The SMILES string of the molecule is CCCCc1ccc(N(CC(CC)CCCC)c2ccc(C3=C(C)/C(=C4C=C/C(=[N+](\CC(CC)CCCC)c5ccc(CCCC)cc5)C=C\4NC(=O)c4ccccc4)C3=O)c(NC(=O)c3ccccc3)c2)cc1. The largest absolute Gasteiger partial charge is 0.341 e. The highest BCUT2D eigenvalue weighted by molar-refractivity contribution is 6.41. The summed E-state index contributed by atoms with van der Waals surface area (Å²) in [7, 11) is 0. The maximum absolute atomic E-state index is 15.1. The van der Waals surface area contributed by atoms with Crippen LogP contribution in [0.25, 0.3) is 5.57 Å². The zero-order valence-corrected chi connectivity index (χ0v) is 45.4. The topological polar surface area (TPSA) is 81.5 Å². The van der Waals surface area contributed by atoms with Gasteiger partial charge in [0.05, 0.1) is 11.4 Å². The Labute approximate surface area is 443 Å². The highest BCUT2D eigenvalue weighted by Gasteiger charge is 2.37. The molecule has 386 valence electrons. The van der Waals surface area contributed by atoms with E-state index in [9.17, 15) is 9.59 Å². The lowest BCUT2D eigenvalue weighted by Gasteiger charge is -2.32. The van der Waals surface area contributed by atoms with E-state index >= 15 is 4.79 Å². The zero-order valence-electron chi connectivity index (χ0n) is 45.4. The molecule has 0 radical (unpaired) electrons. The first-order valence-corrected chi connectivity index (χ1v) is 28.0. The molecule has 2 N–H and O–H groups in total. The highest BCUT2D eigenvalue weighted by atomic mass is 16.2. The Morgan fingerprint density at radius 3 is 1.68 bits per heavy atom. The number of nitrogens with one attached hydrogen (secondary N) is 2. The number of rotatable bonds is 26. The highest BCUT2D eigenvalue weighted by Crippen LogP contribution is 2.45. The second-order valence-electron chi connectivity index (χ2n) is 20.4. The van der Waals surface area contributed by atoms with E-state index in [0.717, 1.165) is 131 Å². The summed E-state index contributed by atoms with van der Waals surface area (Å²) in [6.07, 6.45) is 21.8. The molecule has 7 nitrogen and oxygen atoms in total. The van der Waals surface area contributed by atoms with Gasteiger partial charge in [-0.25, -0.2) is 0 Å². The second-order valence-corrected chi connectivity index (χ2v) is 20.4. The first-order chi connectivity index (χ1) is 36.1. The van der Waals surface area contributed by atoms with Gasteiger partial charge in [0.25, 0.3) is 11.8 Å². The number of nitrogens with zero attached hydrogens (tertiary/aromatic N) is 2. The molecule has 74 heavy (non-hydrogen) atoms. The summed E-state index contributed by atoms with van der Waals surface area (Å²) < 4.78 is 2.39. The molecule has 0 saturated carbocycles. The monoisotopic (exact) mass is 990 g/mol. The van der Waals surface area contributed by atoms with Gasteiger partial charge >= 0.3 is 0 Å². The minimum atomic E-state index is -0.249. The van der Waals surface area contributed by atoms with Crippen LogP contribution in [0.4, 0.5) is 22.7 Å². The Balaban J connectivity index is 1.36. The van der Waals surface area contributed by atoms with Crippen molar-refractivity contribution in [1.29, 1.82) is 0 Å². The summed E-state index contributed by atoms with van der Waals surface area (Å²) in [5.41, 5.74) is 12.2. The predicted octanol–water partition coefficient (Wildman–Crippen LogP) is 16.5. The van der Waals surface area contributed by atoms with E-state index in [4.69, 9.17) is 0 Å². The average Bonchev–Trinajstić information content (AvgIpc) is 3.44. The molecule has 5 aromatic carbocycles. The first kappa shape index (κ1) is 54.9. The molecule has 0 heterocycles. The fourth-order valence-electron chi connectivity index (χ4n) is 10.3. The van der Waals surface area contributed by atoms with Crippen LogP contribution in [-0.2, 0) is 17.6 Å². The molecule has 5 aromatic rings. The van der Waals surface area contributed by atoms with Gasteiger partial charge in [-0.15, -0.1) is 0 Å². The summed E-state index contributed by atoms with van der Waals surface area (Å²) >= 11 is 0. The minimum Gasteiger partial charge on any atom is -0.341 e. The van der Waals surface area contributed by atoms with E-state index in [1.165, 1.54) is 11.1 Å². The van der Waals surface area contributed by atoms with Gasteiger partial charge in [-0.2, -0.15) is 4.58 Å². The molecule has 2 aliphatic carbocycles. The number of amides is 2. The van der Waals surface area contributed by atoms with E-state index in [1.807, 2.05) is 79.7 Å². The third-order valence-corrected chi connectivity index (χ3v) is 15.0. The minimum absolute atomic E-state index is 0.135. The van der Waals surface area contributed by atoms with Crippen LogP contribution in [0, 0.1) is 11.8 Å². The van der Waals surface area contributed by atoms with Crippen molar-refractivity contribution >= 4 is 51.6 Å². The Kier molecular flexibility index (Phi) is 20.4. The molecule has 0 spiro atoms. The Bertz CT molecular complexity index is 2850. The molecule has 0 aliphatic heterocycles. The molecule has 0 aromatic heterocycles. The van der Waals surface area contributed by atoms with Crippen LogP contribution in [0.1, 0.15) is 163 Å². The molecular weight excluding hydrogens is 909 g/mol. The van der Waals surface area contributed by atoms with Crippen molar-refractivity contribution in [3.63, 3.8) is 0 Å². The van der Waals surface area contributed by atoms with Crippen LogP contribution in [0.3, 0.4) is 0 Å². The second kappa shape index (κ2) is 27.4. The smallest absolute Gasteiger partial charge is 0.255 e. The number of aryl methyl sites for hydroxylation is 2. The Morgan fingerprint density at radius 1 is 0.581 bits per heavy atom. The van der Waals surface area contributed by atoms with E-state index in [0.29, 0.717) is 56.6 Å². The number of benzene rings is 5. The van der Waals surface area contributed by atoms with Crippen molar-refractivity contribution in [3.8, 4) is 0 Å². The van der Waals surface area contributed by atoms with Gasteiger partial charge in [-0.05, 0) is 129 Å². The van der Waals surface area contributed by atoms with Crippen LogP contribution in [0.2, 0.25) is 0 Å². The number of hydrogen-bond donors (Lipinski definition) is 2. The Morgan fingerprint density at radius 2 is 1.12 bits per heavy atom. The van der Waals surface area contributed by atoms with E-state index in [1.54, 1.807) is 0 Å². The maximum atomic E-state index is 15.1. The maximum Gasteiger partial charge on any atom is 0.255 e. The number of unbranched alkanes of at least 4 members (excludes halogenated alkanes) is 4. The fraction of sp³-hybridized carbons (Fsp3) is 0.373. The van der Waals surface area contributed by atoms with Gasteiger partial charge in [0.2, 0.25) is 11.4 Å². The van der Waals surface area contributed by atoms with Crippen molar-refractivity contribution in [3.05, 3.63) is 196 Å². The molecule has 2 amide bonds. The average molecular weight is 990 g/mol. The van der Waals surface area contributed by atoms with E-state index in [-0.39, 0.29) is 17.6 Å². The van der Waals surface area contributed by atoms with Crippen molar-refractivity contribution < 1.29 is 19.0 Å². The number of hydrogen-bond acceptors (Lipinski definition) is 4. The van der Waals surface area contributed by atoms with E-state index in [2.05, 4.69) is 134 Å². The predicted molar refractivity (Wildman–Crippen MR) is 310 cm³/mol. The van der Waals surface area contributed by atoms with Crippen molar-refractivity contribution in [1.82, 2.24) is 5.32 Å². The lowest BCUT2D eigenvalue weighted by Crippen LogP contribution is -2.31. The number of carbonyl (C=O) groups is 3. The molecule has 2 aliphatic rings. The molecule has 7 heteroatoms. The third-order valence-electron chi connectivity index (χ3n) is 15.0. The number of ketones is 1. The lowest BCUT2D eigenvalue weighted by molar-refractivity contribution is -0.448. The van der Waals surface area contributed by atoms with Crippen molar-refractivity contribution in [2.45, 2.75) is 138 Å². The summed E-state index contributed by atoms with van der Waals surface area (Å²) in [4.78, 5) is 45.8. The van der Waals surface area contributed by atoms with Crippen molar-refractivity contribution in [2.75, 3.05) is 23.3 Å². The molecule has 2 unspecified atom stereocenters. The first-order valence-electron chi connectivity index (χ1n) is 28.0. The van der Waals surface area contributed by atoms with E-state index < -0.39 is 0 Å². The van der Waals surface area contributed by atoms with Gasteiger partial charge in [0, 0.05) is 81.5 Å². The molecular formula is C67H81N4O3+. The number of carbonyl (C=O) groups excluding carboxylic acids is 3.